The fraction of sp³-hybridized carbons (Fsp3) is 0.143. The van der Waals surface area contributed by atoms with Crippen LogP contribution >= 0.6 is 11.6 Å². The summed E-state index contributed by atoms with van der Waals surface area (Å²) in [5.41, 5.74) is 0.680. The second-order valence-corrected chi connectivity index (χ2v) is 4.63. The van der Waals surface area contributed by atoms with E-state index in [9.17, 15) is 9.18 Å². The molecule has 20 heavy (non-hydrogen) atoms. The molecular weight excluding hydrogens is 283 g/mol. The molecule has 1 aromatic carbocycles. The summed E-state index contributed by atoms with van der Waals surface area (Å²) in [6.07, 6.45) is 1.36. The molecule has 0 amide bonds. The average Bonchev–Trinajstić information content (AvgIpc) is 2.40. The molecule has 2 rings (SSSR count). The Balaban J connectivity index is 2.26. The van der Waals surface area contributed by atoms with E-state index < -0.39 is 5.97 Å². The molecule has 0 saturated carbocycles. The van der Waals surface area contributed by atoms with Gasteiger partial charge in [-0.05, 0) is 30.7 Å². The molecule has 4 nitrogen and oxygen atoms in total. The average molecular weight is 295 g/mol. The first-order chi connectivity index (χ1) is 9.49. The zero-order valence-corrected chi connectivity index (χ0v) is 11.4. The first-order valence-electron chi connectivity index (χ1n) is 5.89. The monoisotopic (exact) mass is 294 g/mol. The number of carboxylic acids is 1. The van der Waals surface area contributed by atoms with E-state index in [2.05, 4.69) is 10.3 Å². The van der Waals surface area contributed by atoms with Crippen LogP contribution in [0.25, 0.3) is 0 Å². The van der Waals surface area contributed by atoms with Gasteiger partial charge >= 0.3 is 5.97 Å². The summed E-state index contributed by atoms with van der Waals surface area (Å²) in [6.45, 7) is 1.81. The smallest absolute Gasteiger partial charge is 0.337 e. The van der Waals surface area contributed by atoms with Gasteiger partial charge in [0.15, 0.2) is 0 Å². The van der Waals surface area contributed by atoms with Crippen molar-refractivity contribution in [2.24, 2.45) is 0 Å². The normalized spacial score (nSPS) is 11.9. The van der Waals surface area contributed by atoms with Crippen LogP contribution in [-0.4, -0.2) is 16.1 Å². The fourth-order valence-electron chi connectivity index (χ4n) is 1.77. The van der Waals surface area contributed by atoms with Crippen LogP contribution < -0.4 is 5.32 Å². The van der Waals surface area contributed by atoms with E-state index in [-0.39, 0.29) is 28.3 Å². The van der Waals surface area contributed by atoms with Gasteiger partial charge in [-0.2, -0.15) is 0 Å². The SMILES string of the molecule is CC(Nc1nccc(C(=O)O)c1Cl)c1cccc(F)c1. The zero-order chi connectivity index (χ0) is 14.7. The lowest BCUT2D eigenvalue weighted by molar-refractivity contribution is 0.0697. The highest BCUT2D eigenvalue weighted by molar-refractivity contribution is 6.35. The number of anilines is 1. The van der Waals surface area contributed by atoms with E-state index in [0.717, 1.165) is 0 Å². The van der Waals surface area contributed by atoms with Crippen molar-refractivity contribution in [1.29, 1.82) is 0 Å². The lowest BCUT2D eigenvalue weighted by Crippen LogP contribution is -2.10. The number of rotatable bonds is 4. The number of hydrogen-bond donors (Lipinski definition) is 2. The van der Waals surface area contributed by atoms with Gasteiger partial charge in [-0.1, -0.05) is 23.7 Å². The number of aromatic nitrogens is 1. The third-order valence-corrected chi connectivity index (χ3v) is 3.20. The highest BCUT2D eigenvalue weighted by atomic mass is 35.5. The maximum Gasteiger partial charge on any atom is 0.337 e. The Bertz CT molecular complexity index is 649. The molecular formula is C14H12ClFN2O2. The van der Waals surface area contributed by atoms with Crippen LogP contribution in [0.2, 0.25) is 5.02 Å². The van der Waals surface area contributed by atoms with E-state index >= 15 is 0 Å². The van der Waals surface area contributed by atoms with Crippen LogP contribution in [0, 0.1) is 5.82 Å². The Morgan fingerprint density at radius 3 is 2.85 bits per heavy atom. The first-order valence-corrected chi connectivity index (χ1v) is 6.26. The summed E-state index contributed by atoms with van der Waals surface area (Å²) in [5, 5.41) is 12.0. The fourth-order valence-corrected chi connectivity index (χ4v) is 2.02. The van der Waals surface area contributed by atoms with E-state index in [0.29, 0.717) is 5.56 Å². The summed E-state index contributed by atoms with van der Waals surface area (Å²) in [7, 11) is 0. The predicted octanol–water partition coefficient (Wildman–Crippen LogP) is 3.75. The van der Waals surface area contributed by atoms with E-state index in [1.54, 1.807) is 19.1 Å². The molecule has 2 N–H and O–H groups in total. The highest BCUT2D eigenvalue weighted by Crippen LogP contribution is 2.27. The molecule has 0 fully saturated rings. The van der Waals surface area contributed by atoms with Crippen LogP contribution in [0.4, 0.5) is 10.2 Å². The Kier molecular flexibility index (Phi) is 4.20. The van der Waals surface area contributed by atoms with Crippen LogP contribution in [-0.2, 0) is 0 Å². The standard InChI is InChI=1S/C14H12ClFN2O2/c1-8(9-3-2-4-10(16)7-9)18-13-12(15)11(14(19)20)5-6-17-13/h2-8H,1H3,(H,17,18)(H,19,20). The lowest BCUT2D eigenvalue weighted by atomic mass is 10.1. The number of nitrogens with one attached hydrogen (secondary N) is 1. The second kappa shape index (κ2) is 5.88. The topological polar surface area (TPSA) is 62.2 Å². The molecule has 104 valence electrons. The summed E-state index contributed by atoms with van der Waals surface area (Å²) in [5.74, 6) is -1.21. The van der Waals surface area contributed by atoms with E-state index in [1.165, 1.54) is 24.4 Å². The number of carboxylic acid groups (broad SMARTS) is 1. The number of halogens is 2. The van der Waals surface area contributed by atoms with Gasteiger partial charge in [-0.15, -0.1) is 0 Å². The van der Waals surface area contributed by atoms with Crippen LogP contribution in [0.15, 0.2) is 36.5 Å². The zero-order valence-electron chi connectivity index (χ0n) is 10.6. The molecule has 0 aliphatic carbocycles. The number of nitrogens with zero attached hydrogens (tertiary/aromatic N) is 1. The first kappa shape index (κ1) is 14.3. The summed E-state index contributed by atoms with van der Waals surface area (Å²) in [4.78, 5) is 15.0. The Morgan fingerprint density at radius 2 is 2.20 bits per heavy atom. The maximum absolute atomic E-state index is 13.2. The molecule has 0 radical (unpaired) electrons. The third-order valence-electron chi connectivity index (χ3n) is 2.82. The molecule has 6 heteroatoms. The van der Waals surface area contributed by atoms with E-state index in [4.69, 9.17) is 16.7 Å². The second-order valence-electron chi connectivity index (χ2n) is 4.25. The van der Waals surface area contributed by atoms with Gasteiger partial charge in [0.05, 0.1) is 16.6 Å². The van der Waals surface area contributed by atoms with Crippen molar-refractivity contribution >= 4 is 23.4 Å². The van der Waals surface area contributed by atoms with Crippen molar-refractivity contribution in [3.05, 3.63) is 58.5 Å². The lowest BCUT2D eigenvalue weighted by Gasteiger charge is -2.16. The van der Waals surface area contributed by atoms with Crippen LogP contribution in [0.1, 0.15) is 28.9 Å². The summed E-state index contributed by atoms with van der Waals surface area (Å²) < 4.78 is 13.2. The minimum Gasteiger partial charge on any atom is -0.478 e. The number of pyridine rings is 1. The van der Waals surface area contributed by atoms with Crippen molar-refractivity contribution in [1.82, 2.24) is 4.98 Å². The number of hydrogen-bond acceptors (Lipinski definition) is 3. The molecule has 1 atom stereocenters. The number of benzene rings is 1. The number of aromatic carboxylic acids is 1. The molecule has 1 aromatic heterocycles. The Labute approximate surface area is 120 Å². The Hall–Kier alpha value is -2.14. The van der Waals surface area contributed by atoms with Crippen molar-refractivity contribution in [3.63, 3.8) is 0 Å². The molecule has 0 aliphatic heterocycles. The van der Waals surface area contributed by atoms with Gasteiger partial charge in [0.1, 0.15) is 11.6 Å². The highest BCUT2D eigenvalue weighted by Gasteiger charge is 2.15. The molecule has 1 heterocycles. The summed E-state index contributed by atoms with van der Waals surface area (Å²) >= 11 is 5.99. The van der Waals surface area contributed by atoms with Crippen molar-refractivity contribution in [3.8, 4) is 0 Å². The predicted molar refractivity (Wildman–Crippen MR) is 74.6 cm³/mol. The van der Waals surface area contributed by atoms with Gasteiger partial charge < -0.3 is 10.4 Å². The van der Waals surface area contributed by atoms with Gasteiger partial charge in [-0.3, -0.25) is 0 Å². The molecule has 1 unspecified atom stereocenters. The minimum atomic E-state index is -1.13. The number of carbonyl (C=O) groups is 1. The van der Waals surface area contributed by atoms with Crippen molar-refractivity contribution in [2.45, 2.75) is 13.0 Å². The van der Waals surface area contributed by atoms with Gasteiger partial charge in [0.25, 0.3) is 0 Å². The van der Waals surface area contributed by atoms with Gasteiger partial charge in [0.2, 0.25) is 0 Å². The van der Waals surface area contributed by atoms with Gasteiger partial charge in [-0.25, -0.2) is 14.2 Å². The molecule has 0 bridgehead atoms. The largest absolute Gasteiger partial charge is 0.478 e. The minimum absolute atomic E-state index is 0.0308. The maximum atomic E-state index is 13.2. The van der Waals surface area contributed by atoms with E-state index in [1.807, 2.05) is 0 Å². The third kappa shape index (κ3) is 3.05. The molecule has 0 saturated heterocycles. The quantitative estimate of drug-likeness (QED) is 0.901. The Morgan fingerprint density at radius 1 is 1.45 bits per heavy atom. The van der Waals surface area contributed by atoms with Crippen LogP contribution in [0.5, 0.6) is 0 Å². The van der Waals surface area contributed by atoms with Crippen molar-refractivity contribution in [2.75, 3.05) is 5.32 Å². The molecule has 0 spiro atoms. The van der Waals surface area contributed by atoms with Crippen molar-refractivity contribution < 1.29 is 14.3 Å². The summed E-state index contributed by atoms with van der Waals surface area (Å²) in [6, 6.07) is 7.17. The molecule has 0 aliphatic rings. The van der Waals surface area contributed by atoms with Gasteiger partial charge in [0, 0.05) is 6.20 Å². The van der Waals surface area contributed by atoms with Crippen LogP contribution in [0.3, 0.4) is 0 Å². The molecule has 2 aromatic rings.